The number of likely N-dealkylation sites (N-methyl/N-ethyl adjacent to an activating group) is 1. The van der Waals surface area contributed by atoms with Gasteiger partial charge in [-0.15, -0.1) is 11.3 Å². The maximum absolute atomic E-state index is 12.3. The smallest absolute Gasteiger partial charge is 0.251 e. The predicted octanol–water partition coefficient (Wildman–Crippen LogP) is 3.40. The second-order valence-corrected chi connectivity index (χ2v) is 6.48. The van der Waals surface area contributed by atoms with Crippen molar-refractivity contribution in [1.82, 2.24) is 10.2 Å². The van der Waals surface area contributed by atoms with Gasteiger partial charge in [0.05, 0.1) is 6.04 Å². The summed E-state index contributed by atoms with van der Waals surface area (Å²) in [6, 6.07) is 10.2. The normalized spacial score (nSPS) is 12.4. The van der Waals surface area contributed by atoms with Crippen LogP contribution in [0.4, 0.5) is 0 Å². The lowest BCUT2D eigenvalue weighted by Gasteiger charge is -2.23. The number of amides is 1. The Labute approximate surface area is 130 Å². The van der Waals surface area contributed by atoms with Gasteiger partial charge in [0.15, 0.2) is 0 Å². The molecule has 112 valence electrons. The summed E-state index contributed by atoms with van der Waals surface area (Å²) in [5.41, 5.74) is 3.07. The maximum atomic E-state index is 12.3. The van der Waals surface area contributed by atoms with Crippen molar-refractivity contribution in [2.24, 2.45) is 0 Å². The molecule has 0 spiro atoms. The van der Waals surface area contributed by atoms with Crippen LogP contribution >= 0.6 is 11.3 Å². The van der Waals surface area contributed by atoms with Crippen LogP contribution in [0, 0.1) is 13.8 Å². The highest BCUT2D eigenvalue weighted by Crippen LogP contribution is 2.22. The van der Waals surface area contributed by atoms with Crippen molar-refractivity contribution in [1.29, 1.82) is 0 Å². The zero-order valence-corrected chi connectivity index (χ0v) is 13.8. The van der Waals surface area contributed by atoms with E-state index < -0.39 is 0 Å². The monoisotopic (exact) mass is 302 g/mol. The van der Waals surface area contributed by atoms with Crippen LogP contribution in [0.15, 0.2) is 35.7 Å². The Morgan fingerprint density at radius 2 is 2.00 bits per heavy atom. The standard InChI is InChI=1S/C17H22N2OS/c1-12-7-8-14(10-13(12)2)17(20)18-11-15(19(3)4)16-6-5-9-21-16/h5-10,15H,11H2,1-4H3,(H,18,20). The SMILES string of the molecule is Cc1ccc(C(=O)NCC(c2cccs2)N(C)C)cc1C. The van der Waals surface area contributed by atoms with Crippen LogP contribution in [0.5, 0.6) is 0 Å². The summed E-state index contributed by atoms with van der Waals surface area (Å²) in [4.78, 5) is 15.7. The molecule has 1 aromatic heterocycles. The molecule has 1 unspecified atom stereocenters. The first-order valence-corrected chi connectivity index (χ1v) is 7.92. The minimum atomic E-state index is -0.0125. The Bertz CT molecular complexity index is 605. The van der Waals surface area contributed by atoms with E-state index in [0.717, 1.165) is 11.1 Å². The molecule has 1 amide bonds. The van der Waals surface area contributed by atoms with Gasteiger partial charge in [-0.1, -0.05) is 12.1 Å². The fourth-order valence-corrected chi connectivity index (χ4v) is 3.12. The van der Waals surface area contributed by atoms with Crippen molar-refractivity contribution in [2.75, 3.05) is 20.6 Å². The molecule has 2 aromatic rings. The summed E-state index contributed by atoms with van der Waals surface area (Å²) in [6.45, 7) is 4.69. The molecule has 1 aromatic carbocycles. The number of benzene rings is 1. The average Bonchev–Trinajstić information content (AvgIpc) is 2.95. The van der Waals surface area contributed by atoms with Crippen molar-refractivity contribution in [3.8, 4) is 0 Å². The van der Waals surface area contributed by atoms with E-state index in [-0.39, 0.29) is 11.9 Å². The van der Waals surface area contributed by atoms with Gasteiger partial charge in [-0.2, -0.15) is 0 Å². The average molecular weight is 302 g/mol. The molecule has 3 nitrogen and oxygen atoms in total. The number of rotatable bonds is 5. The first-order chi connectivity index (χ1) is 9.99. The first-order valence-electron chi connectivity index (χ1n) is 7.04. The molecule has 0 aliphatic carbocycles. The number of nitrogens with one attached hydrogen (secondary N) is 1. The lowest BCUT2D eigenvalue weighted by atomic mass is 10.1. The van der Waals surface area contributed by atoms with Gasteiger partial charge in [0.1, 0.15) is 0 Å². The number of carbonyl (C=O) groups is 1. The molecule has 0 saturated carbocycles. The fourth-order valence-electron chi connectivity index (χ4n) is 2.19. The van der Waals surface area contributed by atoms with Crippen LogP contribution in [0.3, 0.4) is 0 Å². The van der Waals surface area contributed by atoms with Crippen molar-refractivity contribution in [3.05, 3.63) is 57.3 Å². The topological polar surface area (TPSA) is 32.3 Å². The highest BCUT2D eigenvalue weighted by molar-refractivity contribution is 7.10. The minimum absolute atomic E-state index is 0.0125. The third kappa shape index (κ3) is 3.93. The summed E-state index contributed by atoms with van der Waals surface area (Å²) < 4.78 is 0. The molecule has 0 bridgehead atoms. The number of hydrogen-bond acceptors (Lipinski definition) is 3. The van der Waals surface area contributed by atoms with E-state index in [1.165, 1.54) is 10.4 Å². The van der Waals surface area contributed by atoms with E-state index in [4.69, 9.17) is 0 Å². The lowest BCUT2D eigenvalue weighted by molar-refractivity contribution is 0.0942. The highest BCUT2D eigenvalue weighted by Gasteiger charge is 2.16. The molecule has 1 atom stereocenters. The van der Waals surface area contributed by atoms with Crippen molar-refractivity contribution in [3.63, 3.8) is 0 Å². The lowest BCUT2D eigenvalue weighted by Crippen LogP contribution is -2.34. The quantitative estimate of drug-likeness (QED) is 0.918. The van der Waals surface area contributed by atoms with E-state index in [2.05, 4.69) is 28.6 Å². The Hall–Kier alpha value is -1.65. The molecular formula is C17H22N2OS. The molecule has 0 saturated heterocycles. The third-order valence-electron chi connectivity index (χ3n) is 3.72. The molecule has 4 heteroatoms. The van der Waals surface area contributed by atoms with Crippen LogP contribution in [-0.4, -0.2) is 31.4 Å². The van der Waals surface area contributed by atoms with Gasteiger partial charge in [0.2, 0.25) is 0 Å². The van der Waals surface area contributed by atoms with E-state index in [1.807, 2.05) is 45.3 Å². The number of thiophene rings is 1. The summed E-state index contributed by atoms with van der Waals surface area (Å²) in [5.74, 6) is -0.0125. The van der Waals surface area contributed by atoms with E-state index in [0.29, 0.717) is 6.54 Å². The molecule has 1 N–H and O–H groups in total. The zero-order chi connectivity index (χ0) is 15.4. The van der Waals surface area contributed by atoms with Gasteiger partial charge in [-0.25, -0.2) is 0 Å². The molecule has 0 aliphatic heterocycles. The Kier molecular flexibility index (Phi) is 5.15. The van der Waals surface area contributed by atoms with Gasteiger partial charge in [0.25, 0.3) is 5.91 Å². The van der Waals surface area contributed by atoms with E-state index in [1.54, 1.807) is 11.3 Å². The minimum Gasteiger partial charge on any atom is -0.350 e. The second kappa shape index (κ2) is 6.87. The van der Waals surface area contributed by atoms with E-state index >= 15 is 0 Å². The maximum Gasteiger partial charge on any atom is 0.251 e. The largest absolute Gasteiger partial charge is 0.350 e. The highest BCUT2D eigenvalue weighted by atomic mass is 32.1. The number of hydrogen-bond donors (Lipinski definition) is 1. The molecule has 0 radical (unpaired) electrons. The summed E-state index contributed by atoms with van der Waals surface area (Å²) >= 11 is 1.72. The molecule has 0 fully saturated rings. The summed E-state index contributed by atoms with van der Waals surface area (Å²) in [5, 5.41) is 5.11. The molecule has 21 heavy (non-hydrogen) atoms. The molecule has 1 heterocycles. The molecular weight excluding hydrogens is 280 g/mol. The number of aryl methyl sites for hydroxylation is 2. The van der Waals surface area contributed by atoms with Crippen molar-refractivity contribution < 1.29 is 4.79 Å². The first kappa shape index (κ1) is 15.7. The predicted molar refractivity (Wildman–Crippen MR) is 89.0 cm³/mol. The van der Waals surface area contributed by atoms with Crippen LogP contribution in [0.1, 0.15) is 32.4 Å². The molecule has 2 rings (SSSR count). The summed E-state index contributed by atoms with van der Waals surface area (Å²) in [6.07, 6.45) is 0. The Morgan fingerprint density at radius 3 is 2.57 bits per heavy atom. The Morgan fingerprint density at radius 1 is 1.24 bits per heavy atom. The van der Waals surface area contributed by atoms with Crippen molar-refractivity contribution in [2.45, 2.75) is 19.9 Å². The Balaban J connectivity index is 2.03. The van der Waals surface area contributed by atoms with Gasteiger partial charge >= 0.3 is 0 Å². The van der Waals surface area contributed by atoms with E-state index in [9.17, 15) is 4.79 Å². The van der Waals surface area contributed by atoms with Gasteiger partial charge in [-0.05, 0) is 62.6 Å². The van der Waals surface area contributed by atoms with Gasteiger partial charge in [0, 0.05) is 17.0 Å². The summed E-state index contributed by atoms with van der Waals surface area (Å²) in [7, 11) is 4.07. The zero-order valence-electron chi connectivity index (χ0n) is 13.0. The second-order valence-electron chi connectivity index (χ2n) is 5.50. The van der Waals surface area contributed by atoms with Crippen LogP contribution < -0.4 is 5.32 Å². The number of carbonyl (C=O) groups excluding carboxylic acids is 1. The van der Waals surface area contributed by atoms with Crippen LogP contribution in [-0.2, 0) is 0 Å². The van der Waals surface area contributed by atoms with Crippen LogP contribution in [0.2, 0.25) is 0 Å². The number of nitrogens with zero attached hydrogens (tertiary/aromatic N) is 1. The fraction of sp³-hybridized carbons (Fsp3) is 0.353. The van der Waals surface area contributed by atoms with Gasteiger partial charge in [-0.3, -0.25) is 4.79 Å². The van der Waals surface area contributed by atoms with Crippen molar-refractivity contribution >= 4 is 17.2 Å². The third-order valence-corrected chi connectivity index (χ3v) is 4.69. The van der Waals surface area contributed by atoms with Gasteiger partial charge < -0.3 is 10.2 Å². The molecule has 0 aliphatic rings. The van der Waals surface area contributed by atoms with Crippen LogP contribution in [0.25, 0.3) is 0 Å².